The van der Waals surface area contributed by atoms with Crippen LogP contribution in [-0.2, 0) is 26.1 Å². The summed E-state index contributed by atoms with van der Waals surface area (Å²) in [6, 6.07) is 12.9. The van der Waals surface area contributed by atoms with Gasteiger partial charge >= 0.3 is 5.97 Å². The van der Waals surface area contributed by atoms with Crippen molar-refractivity contribution in [3.8, 4) is 0 Å². The molecule has 2 aromatic carbocycles. The highest BCUT2D eigenvalue weighted by Crippen LogP contribution is 2.24. The summed E-state index contributed by atoms with van der Waals surface area (Å²) in [4.78, 5) is 22.9. The van der Waals surface area contributed by atoms with Gasteiger partial charge in [-0.3, -0.25) is 4.79 Å². The van der Waals surface area contributed by atoms with Crippen molar-refractivity contribution in [2.75, 3.05) is 13.7 Å². The second-order valence-corrected chi connectivity index (χ2v) is 8.12. The molecule has 0 unspecified atom stereocenters. The minimum atomic E-state index is -3.84. The molecule has 0 aliphatic heterocycles. The average molecular weight is 396 g/mol. The lowest BCUT2D eigenvalue weighted by Crippen LogP contribution is -2.26. The molecule has 0 saturated carbocycles. The number of carbonyl (C=O) groups is 2. The van der Waals surface area contributed by atoms with Crippen LogP contribution in [0.15, 0.2) is 53.4 Å². The van der Waals surface area contributed by atoms with Crippen LogP contribution in [0.5, 0.6) is 0 Å². The SMILES string of the molecule is CC(=O)COC(=O)c1cc(S(=O)(=O)N(C)Cc2ccccc2)ccc1Cl. The van der Waals surface area contributed by atoms with Gasteiger partial charge < -0.3 is 4.74 Å². The van der Waals surface area contributed by atoms with Crippen LogP contribution in [0.25, 0.3) is 0 Å². The highest BCUT2D eigenvalue weighted by molar-refractivity contribution is 7.89. The first-order valence-corrected chi connectivity index (χ1v) is 9.50. The molecule has 8 heteroatoms. The normalized spacial score (nSPS) is 11.4. The van der Waals surface area contributed by atoms with Gasteiger partial charge in [0.1, 0.15) is 6.61 Å². The minimum absolute atomic E-state index is 0.0446. The molecule has 0 saturated heterocycles. The topological polar surface area (TPSA) is 80.8 Å². The van der Waals surface area contributed by atoms with E-state index in [4.69, 9.17) is 16.3 Å². The summed E-state index contributed by atoms with van der Waals surface area (Å²) in [6.45, 7) is 1.05. The summed E-state index contributed by atoms with van der Waals surface area (Å²) in [7, 11) is -2.39. The molecule has 2 aromatic rings. The molecule has 0 spiro atoms. The number of hydrogen-bond donors (Lipinski definition) is 0. The molecular formula is C18H18ClNO5S. The van der Waals surface area contributed by atoms with E-state index in [9.17, 15) is 18.0 Å². The van der Waals surface area contributed by atoms with Gasteiger partial charge in [-0.1, -0.05) is 41.9 Å². The molecule has 0 atom stereocenters. The standard InChI is InChI=1S/C18H18ClNO5S/c1-13(21)12-25-18(22)16-10-15(8-9-17(16)19)26(23,24)20(2)11-14-6-4-3-5-7-14/h3-10H,11-12H2,1-2H3. The maximum Gasteiger partial charge on any atom is 0.340 e. The first-order chi connectivity index (χ1) is 12.2. The van der Waals surface area contributed by atoms with Crippen LogP contribution in [0, 0.1) is 0 Å². The quantitative estimate of drug-likeness (QED) is 0.673. The third-order valence-electron chi connectivity index (χ3n) is 3.52. The van der Waals surface area contributed by atoms with Crippen molar-refractivity contribution in [1.29, 1.82) is 0 Å². The third-order valence-corrected chi connectivity index (χ3v) is 5.65. The van der Waals surface area contributed by atoms with Crippen molar-refractivity contribution in [2.45, 2.75) is 18.4 Å². The fourth-order valence-corrected chi connectivity index (χ4v) is 3.55. The van der Waals surface area contributed by atoms with Crippen LogP contribution in [0.3, 0.4) is 0 Å². The van der Waals surface area contributed by atoms with Gasteiger partial charge in [-0.05, 0) is 30.7 Å². The summed E-state index contributed by atoms with van der Waals surface area (Å²) < 4.78 is 31.5. The van der Waals surface area contributed by atoms with Gasteiger partial charge in [0, 0.05) is 13.6 Å². The van der Waals surface area contributed by atoms with Crippen LogP contribution < -0.4 is 0 Å². The largest absolute Gasteiger partial charge is 0.454 e. The van der Waals surface area contributed by atoms with E-state index in [0.29, 0.717) is 0 Å². The summed E-state index contributed by atoms with van der Waals surface area (Å²) >= 11 is 5.97. The Hall–Kier alpha value is -2.22. The van der Waals surface area contributed by atoms with Gasteiger partial charge in [-0.2, -0.15) is 4.31 Å². The van der Waals surface area contributed by atoms with Crippen LogP contribution in [0.1, 0.15) is 22.8 Å². The smallest absolute Gasteiger partial charge is 0.340 e. The van der Waals surface area contributed by atoms with Crippen LogP contribution >= 0.6 is 11.6 Å². The number of ether oxygens (including phenoxy) is 1. The summed E-state index contributed by atoms with van der Waals surface area (Å²) in [5.41, 5.74) is 0.718. The van der Waals surface area contributed by atoms with Crippen molar-refractivity contribution in [1.82, 2.24) is 4.31 Å². The van der Waals surface area contributed by atoms with E-state index in [1.54, 1.807) is 0 Å². The molecule has 0 N–H and O–H groups in total. The fourth-order valence-electron chi connectivity index (χ4n) is 2.17. The predicted molar refractivity (Wildman–Crippen MR) is 97.5 cm³/mol. The number of esters is 1. The average Bonchev–Trinajstić information content (AvgIpc) is 2.60. The van der Waals surface area contributed by atoms with Gasteiger partial charge in [0.05, 0.1) is 15.5 Å². The summed E-state index contributed by atoms with van der Waals surface area (Å²) in [5.74, 6) is -1.19. The number of benzene rings is 2. The second kappa shape index (κ2) is 8.44. The Labute approximate surface area is 157 Å². The molecule has 138 valence electrons. The lowest BCUT2D eigenvalue weighted by molar-refractivity contribution is -0.120. The molecule has 0 heterocycles. The van der Waals surface area contributed by atoms with E-state index in [1.807, 2.05) is 30.3 Å². The van der Waals surface area contributed by atoms with Crippen molar-refractivity contribution in [2.24, 2.45) is 0 Å². The van der Waals surface area contributed by atoms with Crippen LogP contribution in [0.4, 0.5) is 0 Å². The molecule has 0 amide bonds. The molecule has 26 heavy (non-hydrogen) atoms. The first-order valence-electron chi connectivity index (χ1n) is 7.68. The number of hydrogen-bond acceptors (Lipinski definition) is 5. The third kappa shape index (κ3) is 4.91. The summed E-state index contributed by atoms with van der Waals surface area (Å²) in [5, 5.41) is 0.0446. The number of halogens is 1. The number of ketones is 1. The lowest BCUT2D eigenvalue weighted by atomic mass is 10.2. The van der Waals surface area contributed by atoms with Crippen molar-refractivity contribution < 1.29 is 22.7 Å². The van der Waals surface area contributed by atoms with Crippen molar-refractivity contribution in [3.63, 3.8) is 0 Å². The highest BCUT2D eigenvalue weighted by atomic mass is 35.5. The highest BCUT2D eigenvalue weighted by Gasteiger charge is 2.24. The van der Waals surface area contributed by atoms with Gasteiger partial charge in [0.15, 0.2) is 5.78 Å². The molecule has 6 nitrogen and oxygen atoms in total. The van der Waals surface area contributed by atoms with Crippen molar-refractivity contribution >= 4 is 33.4 Å². The first kappa shape index (κ1) is 20.1. The van der Waals surface area contributed by atoms with E-state index in [2.05, 4.69) is 0 Å². The Morgan fingerprint density at radius 3 is 2.38 bits per heavy atom. The molecule has 0 aliphatic rings. The molecule has 0 fully saturated rings. The fraction of sp³-hybridized carbons (Fsp3) is 0.222. The minimum Gasteiger partial charge on any atom is -0.454 e. The van der Waals surface area contributed by atoms with Gasteiger partial charge in [-0.15, -0.1) is 0 Å². The molecular weight excluding hydrogens is 378 g/mol. The van der Waals surface area contributed by atoms with Gasteiger partial charge in [-0.25, -0.2) is 13.2 Å². The van der Waals surface area contributed by atoms with E-state index < -0.39 is 22.6 Å². The number of sulfonamides is 1. The van der Waals surface area contributed by atoms with Crippen LogP contribution in [0.2, 0.25) is 5.02 Å². The maximum atomic E-state index is 12.8. The van der Waals surface area contributed by atoms with E-state index in [-0.39, 0.29) is 27.8 Å². The Morgan fingerprint density at radius 1 is 1.12 bits per heavy atom. The zero-order chi connectivity index (χ0) is 19.3. The molecule has 2 rings (SSSR count). The number of rotatable bonds is 7. The van der Waals surface area contributed by atoms with Crippen molar-refractivity contribution in [3.05, 3.63) is 64.7 Å². The number of nitrogens with zero attached hydrogens (tertiary/aromatic N) is 1. The van der Waals surface area contributed by atoms with Crippen LogP contribution in [-0.4, -0.2) is 38.1 Å². The van der Waals surface area contributed by atoms with Gasteiger partial charge in [0.2, 0.25) is 10.0 Å². The van der Waals surface area contributed by atoms with Gasteiger partial charge in [0.25, 0.3) is 0 Å². The summed E-state index contributed by atoms with van der Waals surface area (Å²) in [6.07, 6.45) is 0. The van der Waals surface area contributed by atoms with E-state index in [1.165, 1.54) is 30.4 Å². The number of carbonyl (C=O) groups excluding carboxylic acids is 2. The molecule has 0 aliphatic carbocycles. The maximum absolute atomic E-state index is 12.8. The molecule has 0 aromatic heterocycles. The number of Topliss-reactive ketones (excluding diaryl/α,β-unsaturated/α-hetero) is 1. The van der Waals surface area contributed by atoms with E-state index in [0.717, 1.165) is 11.6 Å². The second-order valence-electron chi connectivity index (χ2n) is 5.67. The zero-order valence-electron chi connectivity index (χ0n) is 14.3. The monoisotopic (exact) mass is 395 g/mol. The predicted octanol–water partition coefficient (Wildman–Crippen LogP) is 2.91. The Kier molecular flexibility index (Phi) is 6.52. The lowest BCUT2D eigenvalue weighted by Gasteiger charge is -2.18. The Bertz CT molecular complexity index is 912. The van der Waals surface area contributed by atoms with E-state index >= 15 is 0 Å². The Morgan fingerprint density at radius 2 is 1.77 bits per heavy atom. The molecule has 0 radical (unpaired) electrons. The zero-order valence-corrected chi connectivity index (χ0v) is 15.9. The Balaban J connectivity index is 2.27. The molecule has 0 bridgehead atoms.